The van der Waals surface area contributed by atoms with Crippen molar-refractivity contribution in [2.45, 2.75) is 6.92 Å². The fourth-order valence-electron chi connectivity index (χ4n) is 1.76. The summed E-state index contributed by atoms with van der Waals surface area (Å²) >= 11 is 5.89. The molecule has 0 saturated carbocycles. The first-order chi connectivity index (χ1) is 8.16. The molecule has 18 heavy (non-hydrogen) atoms. The number of guanidine groups is 1. The van der Waals surface area contributed by atoms with Gasteiger partial charge in [-0.15, -0.1) is 24.0 Å². The summed E-state index contributed by atoms with van der Waals surface area (Å²) in [7, 11) is 0. The number of aryl methyl sites for hydroxylation is 1. The van der Waals surface area contributed by atoms with Crippen LogP contribution in [0.25, 0.3) is 0 Å². The lowest BCUT2D eigenvalue weighted by Crippen LogP contribution is -2.43. The third-order valence-corrected chi connectivity index (χ3v) is 3.00. The lowest BCUT2D eigenvalue weighted by Gasteiger charge is -2.29. The molecule has 1 aliphatic rings. The fraction of sp³-hybridized carbons (Fsp3) is 0.417. The lowest BCUT2D eigenvalue weighted by molar-refractivity contribution is 0.0677. The Morgan fingerprint density at radius 3 is 2.67 bits per heavy atom. The Kier molecular flexibility index (Phi) is 6.17. The highest BCUT2D eigenvalue weighted by atomic mass is 127. The molecule has 1 aromatic carbocycles. The van der Waals surface area contributed by atoms with E-state index in [9.17, 15) is 0 Å². The molecule has 1 heterocycles. The zero-order chi connectivity index (χ0) is 12.3. The molecule has 0 spiro atoms. The molecule has 1 fully saturated rings. The molecule has 2 rings (SSSR count). The van der Waals surface area contributed by atoms with Gasteiger partial charge >= 0.3 is 0 Å². The van der Waals surface area contributed by atoms with Crippen LogP contribution < -0.4 is 5.32 Å². The Hall–Kier alpha value is -0.530. The molecule has 0 unspecified atom stereocenters. The Balaban J connectivity index is 0.00000162. The summed E-state index contributed by atoms with van der Waals surface area (Å²) in [6.07, 6.45) is 0. The summed E-state index contributed by atoms with van der Waals surface area (Å²) < 4.78 is 5.26. The number of hydrogen-bond acceptors (Lipinski definition) is 2. The van der Waals surface area contributed by atoms with Gasteiger partial charge in [0.15, 0.2) is 5.96 Å². The second kappa shape index (κ2) is 7.16. The number of anilines is 1. The van der Waals surface area contributed by atoms with Crippen LogP contribution in [0.4, 0.5) is 5.69 Å². The minimum Gasteiger partial charge on any atom is -0.378 e. The van der Waals surface area contributed by atoms with Crippen LogP contribution in [0, 0.1) is 12.3 Å². The molecule has 6 heteroatoms. The Labute approximate surface area is 129 Å². The van der Waals surface area contributed by atoms with E-state index in [1.165, 1.54) is 0 Å². The van der Waals surface area contributed by atoms with Gasteiger partial charge in [-0.05, 0) is 30.7 Å². The van der Waals surface area contributed by atoms with Crippen molar-refractivity contribution < 1.29 is 4.74 Å². The van der Waals surface area contributed by atoms with Crippen LogP contribution in [0.3, 0.4) is 0 Å². The zero-order valence-electron chi connectivity index (χ0n) is 10.2. The van der Waals surface area contributed by atoms with Crippen molar-refractivity contribution in [2.24, 2.45) is 0 Å². The predicted octanol–water partition coefficient (Wildman–Crippen LogP) is 2.95. The summed E-state index contributed by atoms with van der Waals surface area (Å²) in [6.45, 7) is 4.87. The maximum atomic E-state index is 8.00. The van der Waals surface area contributed by atoms with E-state index >= 15 is 0 Å². The molecule has 2 N–H and O–H groups in total. The minimum absolute atomic E-state index is 0. The Bertz CT molecular complexity index is 422. The molecule has 1 aromatic rings. The van der Waals surface area contributed by atoms with Crippen molar-refractivity contribution in [1.29, 1.82) is 5.41 Å². The summed E-state index contributed by atoms with van der Waals surface area (Å²) in [5, 5.41) is 11.8. The fourth-order valence-corrected chi connectivity index (χ4v) is 1.99. The molecule has 1 saturated heterocycles. The molecule has 0 amide bonds. The normalized spacial score (nSPS) is 14.9. The second-order valence-electron chi connectivity index (χ2n) is 4.03. The van der Waals surface area contributed by atoms with Gasteiger partial charge in [-0.25, -0.2) is 0 Å². The number of ether oxygens (including phenoxy) is 1. The third-order valence-electron chi connectivity index (χ3n) is 2.77. The van der Waals surface area contributed by atoms with E-state index in [0.717, 1.165) is 24.3 Å². The van der Waals surface area contributed by atoms with Gasteiger partial charge < -0.3 is 15.0 Å². The van der Waals surface area contributed by atoms with Gasteiger partial charge in [0.1, 0.15) is 0 Å². The van der Waals surface area contributed by atoms with Crippen molar-refractivity contribution in [3.05, 3.63) is 28.8 Å². The van der Waals surface area contributed by atoms with Gasteiger partial charge in [0.25, 0.3) is 0 Å². The van der Waals surface area contributed by atoms with E-state index in [-0.39, 0.29) is 24.0 Å². The van der Waals surface area contributed by atoms with Gasteiger partial charge in [0, 0.05) is 23.8 Å². The first-order valence-electron chi connectivity index (χ1n) is 5.61. The van der Waals surface area contributed by atoms with Crippen LogP contribution in [0.15, 0.2) is 18.2 Å². The minimum atomic E-state index is 0. The van der Waals surface area contributed by atoms with E-state index in [0.29, 0.717) is 24.2 Å². The molecule has 1 aliphatic heterocycles. The molecular weight excluding hydrogens is 365 g/mol. The first kappa shape index (κ1) is 15.5. The quantitative estimate of drug-likeness (QED) is 0.447. The molecule has 100 valence electrons. The molecule has 0 radical (unpaired) electrons. The van der Waals surface area contributed by atoms with Crippen molar-refractivity contribution in [3.63, 3.8) is 0 Å². The number of nitrogens with zero attached hydrogens (tertiary/aromatic N) is 1. The van der Waals surface area contributed by atoms with Crippen LogP contribution in [-0.4, -0.2) is 37.2 Å². The lowest BCUT2D eigenvalue weighted by atomic mass is 10.2. The van der Waals surface area contributed by atoms with Gasteiger partial charge in [-0.2, -0.15) is 0 Å². The molecule has 0 aliphatic carbocycles. The van der Waals surface area contributed by atoms with Gasteiger partial charge in [-0.1, -0.05) is 11.6 Å². The second-order valence-corrected chi connectivity index (χ2v) is 4.47. The number of rotatable bonds is 1. The van der Waals surface area contributed by atoms with Crippen LogP contribution >= 0.6 is 35.6 Å². The largest absolute Gasteiger partial charge is 0.378 e. The van der Waals surface area contributed by atoms with Crippen molar-refractivity contribution in [1.82, 2.24) is 4.90 Å². The third kappa shape index (κ3) is 4.00. The molecular formula is C12H17ClIN3O. The average Bonchev–Trinajstić information content (AvgIpc) is 2.34. The molecule has 0 atom stereocenters. The summed E-state index contributed by atoms with van der Waals surface area (Å²) in [5.41, 5.74) is 1.96. The summed E-state index contributed by atoms with van der Waals surface area (Å²) in [4.78, 5) is 1.97. The van der Waals surface area contributed by atoms with E-state index in [2.05, 4.69) is 5.32 Å². The highest BCUT2D eigenvalue weighted by Gasteiger charge is 2.14. The van der Waals surface area contributed by atoms with Gasteiger partial charge in [-0.3, -0.25) is 5.41 Å². The summed E-state index contributed by atoms with van der Waals surface area (Å²) in [6, 6.07) is 5.60. The van der Waals surface area contributed by atoms with Crippen LogP contribution in [0.5, 0.6) is 0 Å². The van der Waals surface area contributed by atoms with Crippen LogP contribution in [-0.2, 0) is 4.74 Å². The highest BCUT2D eigenvalue weighted by Crippen LogP contribution is 2.19. The Morgan fingerprint density at radius 2 is 2.06 bits per heavy atom. The van der Waals surface area contributed by atoms with E-state index in [4.69, 9.17) is 21.7 Å². The van der Waals surface area contributed by atoms with Crippen LogP contribution in [0.2, 0.25) is 5.02 Å². The van der Waals surface area contributed by atoms with E-state index in [1.54, 1.807) is 0 Å². The topological polar surface area (TPSA) is 48.4 Å². The maximum absolute atomic E-state index is 8.00. The van der Waals surface area contributed by atoms with Crippen molar-refractivity contribution in [2.75, 3.05) is 31.6 Å². The number of nitrogens with one attached hydrogen (secondary N) is 2. The maximum Gasteiger partial charge on any atom is 0.195 e. The zero-order valence-corrected chi connectivity index (χ0v) is 13.3. The molecule has 4 nitrogen and oxygen atoms in total. The molecule has 0 bridgehead atoms. The standard InChI is InChI=1S/C12H16ClN3O.HI/c1-9-8-10(13)2-3-11(9)15-12(14)16-4-6-17-7-5-16;/h2-3,8H,4-7H2,1H3,(H2,14,15);1H. The number of halogens is 2. The van der Waals surface area contributed by atoms with E-state index in [1.807, 2.05) is 30.0 Å². The van der Waals surface area contributed by atoms with Gasteiger partial charge in [0.2, 0.25) is 0 Å². The number of hydrogen-bond donors (Lipinski definition) is 2. The first-order valence-corrected chi connectivity index (χ1v) is 5.99. The highest BCUT2D eigenvalue weighted by molar-refractivity contribution is 14.0. The summed E-state index contributed by atoms with van der Waals surface area (Å²) in [5.74, 6) is 0.415. The average molecular weight is 382 g/mol. The molecule has 0 aromatic heterocycles. The monoisotopic (exact) mass is 381 g/mol. The van der Waals surface area contributed by atoms with Crippen LogP contribution in [0.1, 0.15) is 5.56 Å². The van der Waals surface area contributed by atoms with Crippen molar-refractivity contribution >= 4 is 47.2 Å². The smallest absolute Gasteiger partial charge is 0.195 e. The Morgan fingerprint density at radius 1 is 1.39 bits per heavy atom. The number of morpholine rings is 1. The SMILES string of the molecule is Cc1cc(Cl)ccc1NC(=N)N1CCOCC1.I. The number of benzene rings is 1. The van der Waals surface area contributed by atoms with Crippen molar-refractivity contribution in [3.8, 4) is 0 Å². The van der Waals surface area contributed by atoms with Gasteiger partial charge in [0.05, 0.1) is 13.2 Å². The van der Waals surface area contributed by atoms with E-state index < -0.39 is 0 Å². The predicted molar refractivity (Wildman–Crippen MR) is 85.3 cm³/mol.